The fourth-order valence-electron chi connectivity index (χ4n) is 4.18. The van der Waals surface area contributed by atoms with Crippen LogP contribution in [0.15, 0.2) is 24.3 Å². The zero-order valence-electron chi connectivity index (χ0n) is 18.5. The summed E-state index contributed by atoms with van der Waals surface area (Å²) in [7, 11) is 1.82. The first-order valence-electron chi connectivity index (χ1n) is 11.2. The lowest BCUT2D eigenvalue weighted by molar-refractivity contribution is -0.127. The molecule has 1 heterocycles. The quantitative estimate of drug-likeness (QED) is 0.714. The minimum atomic E-state index is -0.353. The van der Waals surface area contributed by atoms with Gasteiger partial charge in [0.15, 0.2) is 0 Å². The summed E-state index contributed by atoms with van der Waals surface area (Å²) in [4.78, 5) is 29.2. The van der Waals surface area contributed by atoms with Crippen LogP contribution in [0.4, 0.5) is 11.4 Å². The van der Waals surface area contributed by atoms with Crippen LogP contribution in [-0.4, -0.2) is 68.7 Å². The molecule has 2 amide bonds. The normalized spacial score (nSPS) is 23.1. The van der Waals surface area contributed by atoms with E-state index < -0.39 is 0 Å². The number of carbonyl (C=O) groups is 2. The molecule has 0 bridgehead atoms. The number of likely N-dealkylation sites (N-methyl/N-ethyl adjacent to an activating group) is 1. The van der Waals surface area contributed by atoms with Crippen molar-refractivity contribution in [2.24, 2.45) is 5.92 Å². The molecule has 0 unspecified atom stereocenters. The highest BCUT2D eigenvalue weighted by Crippen LogP contribution is 2.24. The Bertz CT molecular complexity index is 703. The van der Waals surface area contributed by atoms with E-state index in [0.717, 1.165) is 44.1 Å². The summed E-state index contributed by atoms with van der Waals surface area (Å²) < 4.78 is 5.39. The van der Waals surface area contributed by atoms with Crippen LogP contribution in [0.2, 0.25) is 0 Å². The van der Waals surface area contributed by atoms with Gasteiger partial charge >= 0.3 is 0 Å². The second kappa shape index (κ2) is 10.8. The predicted octanol–water partition coefficient (Wildman–Crippen LogP) is 2.48. The van der Waals surface area contributed by atoms with E-state index in [1.54, 1.807) is 4.90 Å². The van der Waals surface area contributed by atoms with Gasteiger partial charge in [-0.15, -0.1) is 0 Å². The first-order valence-corrected chi connectivity index (χ1v) is 11.2. The molecule has 1 saturated heterocycles. The van der Waals surface area contributed by atoms with E-state index in [-0.39, 0.29) is 30.4 Å². The van der Waals surface area contributed by atoms with Crippen LogP contribution < -0.4 is 15.5 Å². The Morgan fingerprint density at radius 1 is 1.17 bits per heavy atom. The van der Waals surface area contributed by atoms with Crippen molar-refractivity contribution in [1.82, 2.24) is 10.2 Å². The molecule has 166 valence electrons. The summed E-state index contributed by atoms with van der Waals surface area (Å²) in [5.41, 5.74) is 1.90. The molecule has 3 atom stereocenters. The molecule has 0 aromatic heterocycles. The molecule has 1 aromatic rings. The third kappa shape index (κ3) is 6.19. The summed E-state index contributed by atoms with van der Waals surface area (Å²) in [6.45, 7) is 7.49. The standard InChI is InChI=1S/C23H36N4O3/c1-17-6-4-5-7-21(17)25-23(29)18(2)26(3)16-22(28)24-19-8-10-20(11-9-19)27-12-14-30-15-13-27/h8-11,17-18,21H,4-7,12-16H2,1-3H3,(H,24,28)(H,25,29)/t17-,18+,21+/m0/s1. The fraction of sp³-hybridized carbons (Fsp3) is 0.652. The number of hydrogen-bond acceptors (Lipinski definition) is 5. The number of hydrogen-bond donors (Lipinski definition) is 2. The van der Waals surface area contributed by atoms with E-state index in [0.29, 0.717) is 5.92 Å². The zero-order valence-corrected chi connectivity index (χ0v) is 18.5. The van der Waals surface area contributed by atoms with Crippen LogP contribution in [-0.2, 0) is 14.3 Å². The van der Waals surface area contributed by atoms with Crippen LogP contribution in [0, 0.1) is 5.92 Å². The Labute approximate surface area is 180 Å². The van der Waals surface area contributed by atoms with E-state index in [9.17, 15) is 9.59 Å². The van der Waals surface area contributed by atoms with E-state index in [1.807, 2.05) is 38.2 Å². The highest BCUT2D eigenvalue weighted by molar-refractivity contribution is 5.93. The third-order valence-electron chi connectivity index (χ3n) is 6.40. The molecule has 7 nitrogen and oxygen atoms in total. The number of amides is 2. The van der Waals surface area contributed by atoms with Gasteiger partial charge in [0, 0.05) is 30.5 Å². The number of nitrogens with zero attached hydrogens (tertiary/aromatic N) is 2. The molecule has 0 spiro atoms. The van der Waals surface area contributed by atoms with Crippen molar-refractivity contribution < 1.29 is 14.3 Å². The van der Waals surface area contributed by atoms with Crippen molar-refractivity contribution in [3.63, 3.8) is 0 Å². The van der Waals surface area contributed by atoms with Crippen molar-refractivity contribution in [2.45, 2.75) is 51.6 Å². The van der Waals surface area contributed by atoms with E-state index in [1.165, 1.54) is 19.3 Å². The lowest BCUT2D eigenvalue weighted by atomic mass is 9.86. The average molecular weight is 417 g/mol. The Balaban J connectivity index is 1.45. The van der Waals surface area contributed by atoms with Crippen LogP contribution >= 0.6 is 0 Å². The van der Waals surface area contributed by atoms with Gasteiger partial charge in [-0.25, -0.2) is 0 Å². The maximum absolute atomic E-state index is 12.6. The second-order valence-corrected chi connectivity index (χ2v) is 8.66. The first kappa shape index (κ1) is 22.6. The lowest BCUT2D eigenvalue weighted by Crippen LogP contribution is -2.50. The minimum absolute atomic E-state index is 0.00101. The summed E-state index contributed by atoms with van der Waals surface area (Å²) in [5, 5.41) is 6.11. The number of benzene rings is 1. The van der Waals surface area contributed by atoms with Gasteiger partial charge in [0.25, 0.3) is 0 Å². The van der Waals surface area contributed by atoms with Gasteiger partial charge < -0.3 is 20.3 Å². The lowest BCUT2D eigenvalue weighted by Gasteiger charge is -2.32. The van der Waals surface area contributed by atoms with Gasteiger partial charge in [-0.1, -0.05) is 19.8 Å². The highest BCUT2D eigenvalue weighted by Gasteiger charge is 2.27. The minimum Gasteiger partial charge on any atom is -0.378 e. The number of nitrogens with one attached hydrogen (secondary N) is 2. The molecular formula is C23H36N4O3. The molecule has 1 aliphatic heterocycles. The molecule has 1 aromatic carbocycles. The summed E-state index contributed by atoms with van der Waals surface area (Å²) in [5.74, 6) is 0.394. The first-order chi connectivity index (χ1) is 14.4. The van der Waals surface area contributed by atoms with Crippen molar-refractivity contribution in [3.05, 3.63) is 24.3 Å². The van der Waals surface area contributed by atoms with Crippen molar-refractivity contribution in [1.29, 1.82) is 0 Å². The number of ether oxygens (including phenoxy) is 1. The van der Waals surface area contributed by atoms with Crippen LogP contribution in [0.3, 0.4) is 0 Å². The summed E-state index contributed by atoms with van der Waals surface area (Å²) >= 11 is 0. The molecule has 2 aliphatic rings. The second-order valence-electron chi connectivity index (χ2n) is 8.66. The molecule has 2 fully saturated rings. The Hall–Kier alpha value is -2.12. The maximum Gasteiger partial charge on any atom is 0.238 e. The smallest absolute Gasteiger partial charge is 0.238 e. The van der Waals surface area contributed by atoms with Gasteiger partial charge in [-0.3, -0.25) is 14.5 Å². The van der Waals surface area contributed by atoms with Gasteiger partial charge in [-0.2, -0.15) is 0 Å². The van der Waals surface area contributed by atoms with Gasteiger partial charge in [0.1, 0.15) is 0 Å². The van der Waals surface area contributed by atoms with Gasteiger partial charge in [0.05, 0.1) is 25.8 Å². The molecule has 7 heteroatoms. The van der Waals surface area contributed by atoms with E-state index in [4.69, 9.17) is 4.74 Å². The number of anilines is 2. The van der Waals surface area contributed by atoms with Crippen molar-refractivity contribution in [2.75, 3.05) is 50.1 Å². The fourth-order valence-corrected chi connectivity index (χ4v) is 4.18. The highest BCUT2D eigenvalue weighted by atomic mass is 16.5. The van der Waals surface area contributed by atoms with Gasteiger partial charge in [-0.05, 0) is 57.0 Å². The van der Waals surface area contributed by atoms with Gasteiger partial charge in [0.2, 0.25) is 11.8 Å². The molecule has 30 heavy (non-hydrogen) atoms. The molecule has 1 saturated carbocycles. The third-order valence-corrected chi connectivity index (χ3v) is 6.40. The van der Waals surface area contributed by atoms with E-state index >= 15 is 0 Å². The summed E-state index contributed by atoms with van der Waals surface area (Å²) in [6.07, 6.45) is 4.63. The Kier molecular flexibility index (Phi) is 8.10. The topological polar surface area (TPSA) is 73.9 Å². The zero-order chi connectivity index (χ0) is 21.5. The molecule has 0 radical (unpaired) electrons. The number of rotatable bonds is 7. The maximum atomic E-state index is 12.6. The van der Waals surface area contributed by atoms with Crippen molar-refractivity contribution >= 4 is 23.2 Å². The number of carbonyl (C=O) groups excluding carboxylic acids is 2. The van der Waals surface area contributed by atoms with Crippen molar-refractivity contribution in [3.8, 4) is 0 Å². The SMILES string of the molecule is C[C@H](C(=O)N[C@@H]1CCCC[C@@H]1C)N(C)CC(=O)Nc1ccc(N2CCOCC2)cc1. The van der Waals surface area contributed by atoms with Crippen LogP contribution in [0.5, 0.6) is 0 Å². The Morgan fingerprint density at radius 3 is 2.50 bits per heavy atom. The molecular weight excluding hydrogens is 380 g/mol. The Morgan fingerprint density at radius 2 is 1.83 bits per heavy atom. The van der Waals surface area contributed by atoms with E-state index in [2.05, 4.69) is 22.5 Å². The molecule has 1 aliphatic carbocycles. The largest absolute Gasteiger partial charge is 0.378 e. The predicted molar refractivity (Wildman–Crippen MR) is 120 cm³/mol. The molecule has 3 rings (SSSR count). The monoisotopic (exact) mass is 416 g/mol. The number of morpholine rings is 1. The van der Waals surface area contributed by atoms with Crippen LogP contribution in [0.1, 0.15) is 39.5 Å². The average Bonchev–Trinajstić information content (AvgIpc) is 2.75. The summed E-state index contributed by atoms with van der Waals surface area (Å²) in [6, 6.07) is 7.78. The van der Waals surface area contributed by atoms with Crippen LogP contribution in [0.25, 0.3) is 0 Å². The molecule has 2 N–H and O–H groups in total.